The van der Waals surface area contributed by atoms with Crippen LogP contribution in [0.4, 0.5) is 5.95 Å². The van der Waals surface area contributed by atoms with Gasteiger partial charge < -0.3 is 10.5 Å². The first-order valence-electron chi connectivity index (χ1n) is 6.76. The number of hydrogen-bond donors (Lipinski definition) is 1. The number of nitrogens with two attached hydrogens (primary N) is 1. The summed E-state index contributed by atoms with van der Waals surface area (Å²) in [6.45, 7) is 2.94. The van der Waals surface area contributed by atoms with Crippen LogP contribution in [0.15, 0.2) is 12.3 Å². The molecule has 2 aliphatic rings. The molecule has 3 heterocycles. The molecule has 0 spiro atoms. The van der Waals surface area contributed by atoms with Crippen molar-refractivity contribution in [1.29, 1.82) is 0 Å². The van der Waals surface area contributed by atoms with Crippen LogP contribution in [0.1, 0.15) is 37.4 Å². The first kappa shape index (κ1) is 11.9. The van der Waals surface area contributed by atoms with Crippen LogP contribution < -0.4 is 5.73 Å². The Bertz CT molecular complexity index is 406. The molecule has 98 valence electrons. The zero-order valence-electron chi connectivity index (χ0n) is 10.6. The van der Waals surface area contributed by atoms with E-state index in [4.69, 9.17) is 10.5 Å². The van der Waals surface area contributed by atoms with E-state index in [1.807, 2.05) is 6.07 Å². The van der Waals surface area contributed by atoms with Gasteiger partial charge in [-0.3, -0.25) is 4.90 Å². The summed E-state index contributed by atoms with van der Waals surface area (Å²) in [5.41, 5.74) is 6.76. The molecule has 0 aromatic carbocycles. The van der Waals surface area contributed by atoms with E-state index in [0.717, 1.165) is 31.7 Å². The number of rotatable bonds is 2. The molecule has 1 aromatic heterocycles. The van der Waals surface area contributed by atoms with Gasteiger partial charge in [0.1, 0.15) is 0 Å². The Hall–Kier alpha value is -1.20. The second-order valence-corrected chi connectivity index (χ2v) is 5.08. The van der Waals surface area contributed by atoms with Gasteiger partial charge in [-0.15, -0.1) is 0 Å². The van der Waals surface area contributed by atoms with Crippen LogP contribution in [-0.2, 0) is 4.74 Å². The number of ether oxygens (including phenoxy) is 1. The molecule has 2 fully saturated rings. The third-order valence-electron chi connectivity index (χ3n) is 3.99. The minimum absolute atomic E-state index is 0.381. The van der Waals surface area contributed by atoms with E-state index in [0.29, 0.717) is 18.0 Å². The van der Waals surface area contributed by atoms with Crippen molar-refractivity contribution >= 4 is 5.95 Å². The fourth-order valence-electron chi connectivity index (χ4n) is 3.13. The third-order valence-corrected chi connectivity index (χ3v) is 3.99. The quantitative estimate of drug-likeness (QED) is 0.856. The molecule has 18 heavy (non-hydrogen) atoms. The molecule has 1 aromatic rings. The van der Waals surface area contributed by atoms with Crippen molar-refractivity contribution in [3.63, 3.8) is 0 Å². The maximum absolute atomic E-state index is 5.69. The number of nitrogens with zero attached hydrogens (tertiary/aromatic N) is 3. The summed E-state index contributed by atoms with van der Waals surface area (Å²) in [6, 6.07) is 3.06. The first-order valence-corrected chi connectivity index (χ1v) is 6.76. The molecular formula is C13H20N4O. The molecule has 0 radical (unpaired) electrons. The van der Waals surface area contributed by atoms with Crippen molar-refractivity contribution in [3.8, 4) is 0 Å². The van der Waals surface area contributed by atoms with Gasteiger partial charge in [0, 0.05) is 25.5 Å². The summed E-state index contributed by atoms with van der Waals surface area (Å²) in [5.74, 6) is 0.381. The smallest absolute Gasteiger partial charge is 0.220 e. The molecule has 0 bridgehead atoms. The van der Waals surface area contributed by atoms with E-state index >= 15 is 0 Å². The lowest BCUT2D eigenvalue weighted by molar-refractivity contribution is 0.0285. The largest absolute Gasteiger partial charge is 0.381 e. The summed E-state index contributed by atoms with van der Waals surface area (Å²) in [4.78, 5) is 11.0. The Labute approximate surface area is 107 Å². The van der Waals surface area contributed by atoms with Crippen LogP contribution in [0, 0.1) is 0 Å². The predicted molar refractivity (Wildman–Crippen MR) is 69.0 cm³/mol. The molecule has 0 amide bonds. The minimum atomic E-state index is 0.381. The van der Waals surface area contributed by atoms with E-state index in [2.05, 4.69) is 14.9 Å². The molecule has 2 saturated heterocycles. The highest BCUT2D eigenvalue weighted by Crippen LogP contribution is 2.34. The van der Waals surface area contributed by atoms with Gasteiger partial charge in [-0.1, -0.05) is 0 Å². The van der Waals surface area contributed by atoms with Gasteiger partial charge >= 0.3 is 0 Å². The Morgan fingerprint density at radius 3 is 2.89 bits per heavy atom. The predicted octanol–water partition coefficient (Wildman–Crippen LogP) is 1.37. The summed E-state index contributed by atoms with van der Waals surface area (Å²) in [6.07, 6.45) is 6.45. The second kappa shape index (κ2) is 5.20. The summed E-state index contributed by atoms with van der Waals surface area (Å²) >= 11 is 0. The fourth-order valence-corrected chi connectivity index (χ4v) is 3.13. The summed E-state index contributed by atoms with van der Waals surface area (Å²) < 4.78 is 5.45. The zero-order chi connectivity index (χ0) is 12.4. The number of aromatic nitrogens is 2. The van der Waals surface area contributed by atoms with E-state index in [1.54, 1.807) is 6.20 Å². The average Bonchev–Trinajstić information content (AvgIpc) is 2.89. The highest BCUT2D eigenvalue weighted by atomic mass is 16.5. The van der Waals surface area contributed by atoms with Crippen molar-refractivity contribution in [3.05, 3.63) is 18.0 Å². The van der Waals surface area contributed by atoms with Crippen LogP contribution in [0.3, 0.4) is 0 Å². The Kier molecular flexibility index (Phi) is 3.43. The van der Waals surface area contributed by atoms with E-state index < -0.39 is 0 Å². The number of hydrogen-bond acceptors (Lipinski definition) is 5. The molecule has 2 aliphatic heterocycles. The van der Waals surface area contributed by atoms with Crippen LogP contribution in [0.25, 0.3) is 0 Å². The van der Waals surface area contributed by atoms with Gasteiger partial charge in [0.15, 0.2) is 0 Å². The number of likely N-dealkylation sites (tertiary alicyclic amines) is 1. The van der Waals surface area contributed by atoms with E-state index in [-0.39, 0.29) is 0 Å². The van der Waals surface area contributed by atoms with E-state index in [9.17, 15) is 0 Å². The Morgan fingerprint density at radius 1 is 1.28 bits per heavy atom. The molecule has 3 rings (SSSR count). The SMILES string of the molecule is Nc1nccc([C@@H]2CCCN2C2CCOCC2)n1. The van der Waals surface area contributed by atoms with Crippen molar-refractivity contribution in [2.45, 2.75) is 37.8 Å². The zero-order valence-corrected chi connectivity index (χ0v) is 10.6. The number of nitrogen functional groups attached to an aromatic ring is 1. The lowest BCUT2D eigenvalue weighted by Crippen LogP contribution is -2.39. The molecule has 0 unspecified atom stereocenters. The van der Waals surface area contributed by atoms with Crippen LogP contribution in [0.5, 0.6) is 0 Å². The lowest BCUT2D eigenvalue weighted by atomic mass is 10.0. The number of anilines is 1. The average molecular weight is 248 g/mol. The van der Waals surface area contributed by atoms with Gasteiger partial charge in [-0.25, -0.2) is 9.97 Å². The molecular weight excluding hydrogens is 228 g/mol. The normalized spacial score (nSPS) is 26.6. The van der Waals surface area contributed by atoms with Crippen LogP contribution >= 0.6 is 0 Å². The maximum atomic E-state index is 5.69. The molecule has 5 heteroatoms. The summed E-state index contributed by atoms with van der Waals surface area (Å²) in [5, 5.41) is 0. The minimum Gasteiger partial charge on any atom is -0.381 e. The standard InChI is InChI=1S/C13H20N4O/c14-13-15-6-3-11(16-13)12-2-1-7-17(12)10-4-8-18-9-5-10/h3,6,10,12H,1-2,4-5,7-9H2,(H2,14,15,16)/t12-/m0/s1. The fraction of sp³-hybridized carbons (Fsp3) is 0.692. The van der Waals surface area contributed by atoms with E-state index in [1.165, 1.54) is 19.4 Å². The molecule has 5 nitrogen and oxygen atoms in total. The van der Waals surface area contributed by atoms with Crippen LogP contribution in [-0.4, -0.2) is 40.7 Å². The van der Waals surface area contributed by atoms with Crippen molar-refractivity contribution < 1.29 is 4.74 Å². The molecule has 0 saturated carbocycles. The highest BCUT2D eigenvalue weighted by Gasteiger charge is 2.33. The molecule has 2 N–H and O–H groups in total. The van der Waals surface area contributed by atoms with Gasteiger partial charge in [-0.2, -0.15) is 0 Å². The lowest BCUT2D eigenvalue weighted by Gasteiger charge is -2.35. The first-order chi connectivity index (χ1) is 8.84. The Balaban J connectivity index is 1.78. The second-order valence-electron chi connectivity index (χ2n) is 5.08. The van der Waals surface area contributed by atoms with Crippen molar-refractivity contribution in [2.24, 2.45) is 0 Å². The van der Waals surface area contributed by atoms with Crippen molar-refractivity contribution in [2.75, 3.05) is 25.5 Å². The monoisotopic (exact) mass is 248 g/mol. The molecule has 0 aliphatic carbocycles. The third kappa shape index (κ3) is 2.33. The topological polar surface area (TPSA) is 64.3 Å². The highest BCUT2D eigenvalue weighted by molar-refractivity contribution is 5.20. The van der Waals surface area contributed by atoms with Gasteiger partial charge in [0.25, 0.3) is 0 Å². The maximum Gasteiger partial charge on any atom is 0.220 e. The van der Waals surface area contributed by atoms with Gasteiger partial charge in [-0.05, 0) is 38.3 Å². The van der Waals surface area contributed by atoms with Gasteiger partial charge in [0.05, 0.1) is 11.7 Å². The summed E-state index contributed by atoms with van der Waals surface area (Å²) in [7, 11) is 0. The van der Waals surface area contributed by atoms with Crippen molar-refractivity contribution in [1.82, 2.24) is 14.9 Å². The molecule has 1 atom stereocenters. The Morgan fingerprint density at radius 2 is 2.11 bits per heavy atom. The van der Waals surface area contributed by atoms with Gasteiger partial charge in [0.2, 0.25) is 5.95 Å². The van der Waals surface area contributed by atoms with Crippen LogP contribution in [0.2, 0.25) is 0 Å².